The minimum absolute atomic E-state index is 0.826. The van der Waals surface area contributed by atoms with E-state index >= 15 is 0 Å². The molecule has 3 aromatic carbocycles. The molecule has 0 nitrogen and oxygen atoms in total. The fraction of sp³-hybridized carbons (Fsp3) is 0.211. The molecule has 0 radical (unpaired) electrons. The molecule has 0 amide bonds. The van der Waals surface area contributed by atoms with Crippen molar-refractivity contribution < 1.29 is 20.8 Å². The summed E-state index contributed by atoms with van der Waals surface area (Å²) in [5.41, 5.74) is 4.13. The number of unbranched alkanes of at least 4 members (excludes halogenated alkanes) is 1. The zero-order valence-corrected chi connectivity index (χ0v) is 16.6. The topological polar surface area (TPSA) is 0 Å². The van der Waals surface area contributed by atoms with Crippen molar-refractivity contribution in [3.63, 3.8) is 0 Å². The molecule has 0 bridgehead atoms. The number of halogens is 2. The Kier molecular flexibility index (Phi) is 7.80. The monoisotopic (exact) mass is 407 g/mol. The van der Waals surface area contributed by atoms with Gasteiger partial charge in [0.1, 0.15) is 0 Å². The zero-order valence-electron chi connectivity index (χ0n) is 12.7. The SMILES string of the molecule is CCCCc1cc2c(-c3ccccc3)cccc2[cH-]1.[Cl][Zr][Cl]. The van der Waals surface area contributed by atoms with E-state index in [1.807, 2.05) is 0 Å². The van der Waals surface area contributed by atoms with Crippen molar-refractivity contribution in [3.05, 3.63) is 66.2 Å². The predicted molar refractivity (Wildman–Crippen MR) is 95.3 cm³/mol. The van der Waals surface area contributed by atoms with Crippen LogP contribution in [0.25, 0.3) is 21.9 Å². The summed E-state index contributed by atoms with van der Waals surface area (Å²) in [6.07, 6.45) is 3.73. The van der Waals surface area contributed by atoms with Crippen LogP contribution in [0.2, 0.25) is 0 Å². The Morgan fingerprint density at radius 3 is 2.41 bits per heavy atom. The van der Waals surface area contributed by atoms with Crippen LogP contribution in [0, 0.1) is 0 Å². The molecule has 114 valence electrons. The van der Waals surface area contributed by atoms with E-state index in [2.05, 4.69) is 67.6 Å². The third-order valence-electron chi connectivity index (χ3n) is 3.71. The van der Waals surface area contributed by atoms with Gasteiger partial charge in [0, 0.05) is 0 Å². The molecule has 0 spiro atoms. The van der Waals surface area contributed by atoms with Crippen LogP contribution >= 0.6 is 17.0 Å². The van der Waals surface area contributed by atoms with Gasteiger partial charge >= 0.3 is 37.9 Å². The van der Waals surface area contributed by atoms with Crippen LogP contribution in [-0.2, 0) is 27.3 Å². The molecule has 0 saturated heterocycles. The Morgan fingerprint density at radius 2 is 1.73 bits per heavy atom. The van der Waals surface area contributed by atoms with Gasteiger partial charge in [-0.25, -0.2) is 0 Å². The standard InChI is InChI=1S/C19H19.2ClH.Zr/c1-2-3-8-15-13-17-11-7-12-18(19(17)14-15)16-9-5-4-6-10-16;;;/h4-7,9-14H,2-3,8H2,1H3;2*1H;/q-1;;;+2/p-2. The molecule has 3 rings (SSSR count). The number of hydrogen-bond acceptors (Lipinski definition) is 0. The van der Waals surface area contributed by atoms with Crippen molar-refractivity contribution in [1.29, 1.82) is 0 Å². The van der Waals surface area contributed by atoms with E-state index in [1.54, 1.807) is 0 Å². The van der Waals surface area contributed by atoms with Crippen LogP contribution in [0.5, 0.6) is 0 Å². The fourth-order valence-corrected chi connectivity index (χ4v) is 2.69. The van der Waals surface area contributed by atoms with Crippen molar-refractivity contribution in [3.8, 4) is 11.1 Å². The summed E-state index contributed by atoms with van der Waals surface area (Å²) in [6.45, 7) is 2.25. The Bertz CT molecular complexity index is 689. The van der Waals surface area contributed by atoms with E-state index in [0.717, 1.165) is 0 Å². The number of hydrogen-bond donors (Lipinski definition) is 0. The van der Waals surface area contributed by atoms with Crippen molar-refractivity contribution in [1.82, 2.24) is 0 Å². The second-order valence-electron chi connectivity index (χ2n) is 5.21. The van der Waals surface area contributed by atoms with Gasteiger partial charge in [0.25, 0.3) is 0 Å². The average molecular weight is 409 g/mol. The molecular formula is C19H19Cl2Zr-. The van der Waals surface area contributed by atoms with Gasteiger partial charge < -0.3 is 0 Å². The van der Waals surface area contributed by atoms with E-state index < -0.39 is 20.8 Å². The van der Waals surface area contributed by atoms with Gasteiger partial charge in [-0.05, 0) is 12.0 Å². The van der Waals surface area contributed by atoms with Crippen molar-refractivity contribution in [2.75, 3.05) is 0 Å². The van der Waals surface area contributed by atoms with Gasteiger partial charge in [0.05, 0.1) is 0 Å². The Labute approximate surface area is 151 Å². The van der Waals surface area contributed by atoms with Gasteiger partial charge in [-0.3, -0.25) is 0 Å². The number of rotatable bonds is 4. The van der Waals surface area contributed by atoms with E-state index in [1.165, 1.54) is 46.7 Å². The molecule has 22 heavy (non-hydrogen) atoms. The number of benzene rings is 2. The summed E-state index contributed by atoms with van der Waals surface area (Å²) in [4.78, 5) is 0. The van der Waals surface area contributed by atoms with Crippen molar-refractivity contribution in [2.24, 2.45) is 0 Å². The molecule has 0 aliphatic rings. The summed E-state index contributed by atoms with van der Waals surface area (Å²) in [6, 6.07) is 22.0. The molecule has 0 heterocycles. The van der Waals surface area contributed by atoms with E-state index in [9.17, 15) is 0 Å². The number of aryl methyl sites for hydroxylation is 1. The van der Waals surface area contributed by atoms with E-state index in [0.29, 0.717) is 0 Å². The van der Waals surface area contributed by atoms with Gasteiger partial charge in [0.15, 0.2) is 0 Å². The first-order valence-corrected chi connectivity index (χ1v) is 13.8. The molecule has 3 heteroatoms. The van der Waals surface area contributed by atoms with Crippen LogP contribution in [0.1, 0.15) is 25.3 Å². The van der Waals surface area contributed by atoms with Crippen molar-refractivity contribution >= 4 is 27.8 Å². The maximum atomic E-state index is 4.93. The summed E-state index contributed by atoms with van der Waals surface area (Å²) in [7, 11) is 9.87. The van der Waals surface area contributed by atoms with Crippen LogP contribution in [0.3, 0.4) is 0 Å². The van der Waals surface area contributed by atoms with Crippen LogP contribution in [0.4, 0.5) is 0 Å². The quantitative estimate of drug-likeness (QED) is 0.409. The third-order valence-corrected chi connectivity index (χ3v) is 3.71. The fourth-order valence-electron chi connectivity index (χ4n) is 2.69. The molecule has 0 saturated carbocycles. The number of fused-ring (bicyclic) bond motifs is 1. The first kappa shape index (κ1) is 17.9. The third kappa shape index (κ3) is 4.75. The second-order valence-corrected chi connectivity index (χ2v) is 8.94. The average Bonchev–Trinajstić information content (AvgIpc) is 2.97. The molecule has 0 aromatic heterocycles. The molecule has 0 aliphatic heterocycles. The van der Waals surface area contributed by atoms with Gasteiger partial charge in [-0.15, -0.1) is 34.5 Å². The first-order valence-electron chi connectivity index (χ1n) is 7.50. The zero-order chi connectivity index (χ0) is 15.8. The van der Waals surface area contributed by atoms with Crippen LogP contribution < -0.4 is 0 Å². The minimum atomic E-state index is -0.826. The summed E-state index contributed by atoms with van der Waals surface area (Å²) in [5.74, 6) is 0. The molecule has 0 aliphatic carbocycles. The second kappa shape index (κ2) is 9.61. The Balaban J connectivity index is 0.000000545. The molecule has 3 aromatic rings. The van der Waals surface area contributed by atoms with Gasteiger partial charge in [-0.2, -0.15) is 6.07 Å². The van der Waals surface area contributed by atoms with E-state index in [-0.39, 0.29) is 0 Å². The van der Waals surface area contributed by atoms with Gasteiger partial charge in [-0.1, -0.05) is 61.7 Å². The molecule has 0 unspecified atom stereocenters. The maximum absolute atomic E-state index is 4.93. The molecule has 0 fully saturated rings. The Morgan fingerprint density at radius 1 is 1.00 bits per heavy atom. The predicted octanol–water partition coefficient (Wildman–Crippen LogP) is 6.94. The van der Waals surface area contributed by atoms with Crippen LogP contribution in [-0.4, -0.2) is 0 Å². The Hall–Kier alpha value is -0.487. The van der Waals surface area contributed by atoms with E-state index in [4.69, 9.17) is 17.0 Å². The summed E-state index contributed by atoms with van der Waals surface area (Å²) >= 11 is -0.826. The molecule has 0 N–H and O–H groups in total. The molecular weight excluding hydrogens is 390 g/mol. The normalized spacial score (nSPS) is 10.1. The molecule has 0 atom stereocenters. The van der Waals surface area contributed by atoms with Gasteiger partial charge in [0.2, 0.25) is 0 Å². The summed E-state index contributed by atoms with van der Waals surface area (Å²) < 4.78 is 0. The van der Waals surface area contributed by atoms with Crippen LogP contribution in [0.15, 0.2) is 60.7 Å². The summed E-state index contributed by atoms with van der Waals surface area (Å²) in [5, 5.41) is 2.76. The first-order chi connectivity index (χ1) is 10.8. The van der Waals surface area contributed by atoms with Crippen molar-refractivity contribution in [2.45, 2.75) is 26.2 Å².